The van der Waals surface area contributed by atoms with Gasteiger partial charge in [-0.25, -0.2) is 5.26 Å². The van der Waals surface area contributed by atoms with Gasteiger partial charge in [-0.3, -0.25) is 0 Å². The van der Waals surface area contributed by atoms with Gasteiger partial charge < -0.3 is 0 Å². The molecule has 0 saturated heterocycles. The van der Waals surface area contributed by atoms with E-state index in [9.17, 15) is 0 Å². The van der Waals surface area contributed by atoms with E-state index in [2.05, 4.69) is 6.57 Å². The maximum absolute atomic E-state index is 6.50. The quantitative estimate of drug-likeness (QED) is 0.436. The van der Waals surface area contributed by atoms with Gasteiger partial charge in [0.1, 0.15) is 0 Å². The van der Waals surface area contributed by atoms with Crippen LogP contribution in [0.3, 0.4) is 0 Å². The third kappa shape index (κ3) is 3560. The van der Waals surface area contributed by atoms with E-state index in [0.29, 0.717) is 0 Å². The summed E-state index contributed by atoms with van der Waals surface area (Å²) in [5, 5.41) is 6.69. The first kappa shape index (κ1) is 8.91. The van der Waals surface area contributed by atoms with Gasteiger partial charge >= 0.3 is 0 Å². The van der Waals surface area contributed by atoms with Gasteiger partial charge in [-0.2, -0.15) is 0 Å². The van der Waals surface area contributed by atoms with Crippen LogP contribution in [0.2, 0.25) is 0 Å². The third-order valence-corrected chi connectivity index (χ3v) is 0. The summed E-state index contributed by atoms with van der Waals surface area (Å²) in [5.41, 5.74) is 0. The van der Waals surface area contributed by atoms with E-state index >= 15 is 0 Å². The highest BCUT2D eigenvalue weighted by Crippen LogP contribution is 1.73. The first-order valence-electron chi connectivity index (χ1n) is 0.793. The van der Waals surface area contributed by atoms with Gasteiger partial charge in [0.15, 0.2) is 0 Å². The summed E-state index contributed by atoms with van der Waals surface area (Å²) in [4.78, 5) is 0. The van der Waals surface area contributed by atoms with Gasteiger partial charge in [-0.05, 0) is 0 Å². The summed E-state index contributed by atoms with van der Waals surface area (Å²) in [6.45, 7) is 3.50. The summed E-state index contributed by atoms with van der Waals surface area (Å²) >= 11 is 9.53. The lowest BCUT2D eigenvalue weighted by atomic mass is 11.9. The molecule has 0 aliphatic heterocycles. The van der Waals surface area contributed by atoms with E-state index in [1.54, 1.807) is 0 Å². The lowest BCUT2D eigenvalue weighted by molar-refractivity contribution is 1.58. The molecule has 0 aliphatic rings. The zero-order chi connectivity index (χ0) is 4.71. The Morgan fingerprint density at radius 2 is 1.40 bits per heavy atom. The van der Waals surface area contributed by atoms with E-state index in [1.165, 1.54) is 0 Å². The van der Waals surface area contributed by atoms with Crippen molar-refractivity contribution < 1.29 is 0 Å². The normalized spacial score (nSPS) is 4.00. The lowest BCUT2D eigenvalue weighted by Gasteiger charge is -1.42. The van der Waals surface area contributed by atoms with E-state index in [4.69, 9.17) is 28.5 Å². The SMILES string of the molecule is C#N.ClCCl. The maximum Gasteiger partial charge on any atom is 0.0967 e. The molecular formula is C2H3Cl2N. The molecule has 0 aromatic heterocycles. The molecule has 0 fully saturated rings. The fourth-order valence-electron chi connectivity index (χ4n) is 0. The van der Waals surface area contributed by atoms with E-state index in [-0.39, 0.29) is 5.34 Å². The third-order valence-electron chi connectivity index (χ3n) is 0. The molecule has 0 radical (unpaired) electrons. The smallest absolute Gasteiger partial charge is 0.0967 e. The van der Waals surface area contributed by atoms with Crippen LogP contribution >= 0.6 is 23.2 Å². The van der Waals surface area contributed by atoms with Crippen LogP contribution in [0.5, 0.6) is 0 Å². The topological polar surface area (TPSA) is 23.8 Å². The molecule has 0 rings (SSSR count). The molecule has 0 aliphatic carbocycles. The first-order chi connectivity index (χ1) is 2.41. The molecular weight excluding hydrogens is 109 g/mol. The fraction of sp³-hybridized carbons (Fsp3) is 0.500. The van der Waals surface area contributed by atoms with Crippen LogP contribution in [0.25, 0.3) is 0 Å². The monoisotopic (exact) mass is 111 g/mol. The number of alkyl halides is 2. The molecule has 0 aromatic carbocycles. The molecule has 0 aromatic rings. The van der Waals surface area contributed by atoms with Crippen molar-refractivity contribution in [1.29, 1.82) is 5.26 Å². The van der Waals surface area contributed by atoms with Crippen molar-refractivity contribution in [2.45, 2.75) is 0 Å². The van der Waals surface area contributed by atoms with Crippen molar-refractivity contribution >= 4 is 23.2 Å². The Bertz CT molecular complexity index is 18.9. The second kappa shape index (κ2) is 33.5. The molecule has 0 saturated carbocycles. The van der Waals surface area contributed by atoms with E-state index in [1.807, 2.05) is 0 Å². The van der Waals surface area contributed by atoms with Gasteiger partial charge in [0.05, 0.1) is 5.34 Å². The highest BCUT2D eigenvalue weighted by molar-refractivity contribution is 6.40. The minimum absolute atomic E-state index is 0.194. The van der Waals surface area contributed by atoms with Gasteiger partial charge in [0.25, 0.3) is 0 Å². The maximum atomic E-state index is 6.50. The van der Waals surface area contributed by atoms with E-state index in [0.717, 1.165) is 0 Å². The molecule has 0 atom stereocenters. The number of nitrogens with zero attached hydrogens (tertiary/aromatic N) is 1. The number of hydrogen-bond acceptors (Lipinski definition) is 1. The summed E-state index contributed by atoms with van der Waals surface area (Å²) < 4.78 is 0. The number of hydrogen-bond donors (Lipinski definition) is 0. The lowest BCUT2D eigenvalue weighted by Crippen LogP contribution is -1.24. The van der Waals surface area contributed by atoms with Crippen LogP contribution in [-0.2, 0) is 0 Å². The Balaban J connectivity index is 0. The van der Waals surface area contributed by atoms with Crippen LogP contribution in [0.15, 0.2) is 0 Å². The molecule has 0 amide bonds. The number of rotatable bonds is 0. The highest BCUT2D eigenvalue weighted by Gasteiger charge is 1.41. The molecule has 0 unspecified atom stereocenters. The van der Waals surface area contributed by atoms with Crippen molar-refractivity contribution in [3.05, 3.63) is 0 Å². The second-order valence-electron chi connectivity index (χ2n) is 0.101. The largest absolute Gasteiger partial charge is 0.202 e. The Hall–Kier alpha value is 0.0700. The first-order valence-corrected chi connectivity index (χ1v) is 1.86. The Morgan fingerprint density at radius 1 is 1.40 bits per heavy atom. The average Bonchev–Trinajstić information content (AvgIpc) is 1.46. The van der Waals surface area contributed by atoms with E-state index < -0.39 is 0 Å². The minimum atomic E-state index is 0.194. The Labute approximate surface area is 41.1 Å². The minimum Gasteiger partial charge on any atom is -0.202 e. The van der Waals surface area contributed by atoms with Crippen LogP contribution in [0, 0.1) is 11.8 Å². The zero-order valence-corrected chi connectivity index (χ0v) is 4.00. The van der Waals surface area contributed by atoms with Crippen LogP contribution in [0.4, 0.5) is 0 Å². The van der Waals surface area contributed by atoms with Crippen LogP contribution < -0.4 is 0 Å². The fourth-order valence-corrected chi connectivity index (χ4v) is 0. The summed E-state index contributed by atoms with van der Waals surface area (Å²) in [6, 6.07) is 0. The molecule has 1 nitrogen and oxygen atoms in total. The predicted molar refractivity (Wildman–Crippen MR) is 23.2 cm³/mol. The summed E-state index contributed by atoms with van der Waals surface area (Å²) in [5.74, 6) is 0. The van der Waals surface area contributed by atoms with Crippen molar-refractivity contribution in [3.63, 3.8) is 0 Å². The zero-order valence-electron chi connectivity index (χ0n) is 2.49. The molecule has 0 spiro atoms. The second-order valence-corrected chi connectivity index (χ2v) is 0.909. The van der Waals surface area contributed by atoms with Gasteiger partial charge in [-0.15, -0.1) is 23.2 Å². The Morgan fingerprint density at radius 3 is 1.40 bits per heavy atom. The molecule has 0 bridgehead atoms. The van der Waals surface area contributed by atoms with Crippen molar-refractivity contribution in [1.82, 2.24) is 0 Å². The van der Waals surface area contributed by atoms with Gasteiger partial charge in [0, 0.05) is 6.57 Å². The summed E-state index contributed by atoms with van der Waals surface area (Å²) in [6.07, 6.45) is 0. The predicted octanol–water partition coefficient (Wildman–Crippen LogP) is 1.56. The van der Waals surface area contributed by atoms with Crippen molar-refractivity contribution in [2.24, 2.45) is 0 Å². The Kier molecular flexibility index (Phi) is 59.7. The average molecular weight is 112 g/mol. The summed E-state index contributed by atoms with van der Waals surface area (Å²) in [7, 11) is 0. The van der Waals surface area contributed by atoms with Crippen molar-refractivity contribution in [3.8, 4) is 6.57 Å². The molecule has 30 valence electrons. The number of nitriles is 1. The van der Waals surface area contributed by atoms with Crippen LogP contribution in [0.1, 0.15) is 0 Å². The molecule has 0 heterocycles. The molecule has 0 N–H and O–H groups in total. The van der Waals surface area contributed by atoms with Gasteiger partial charge in [0.2, 0.25) is 0 Å². The van der Waals surface area contributed by atoms with Crippen LogP contribution in [-0.4, -0.2) is 5.34 Å². The molecule has 5 heavy (non-hydrogen) atoms. The molecule has 3 heteroatoms. The van der Waals surface area contributed by atoms with Crippen molar-refractivity contribution in [2.75, 3.05) is 5.34 Å². The number of halogens is 2. The highest BCUT2D eigenvalue weighted by atomic mass is 35.5. The standard InChI is InChI=1S/CH2Cl2.CHN/c2-1-3;1-2/h1H2;1H. The van der Waals surface area contributed by atoms with Gasteiger partial charge in [-0.1, -0.05) is 0 Å².